The highest BCUT2D eigenvalue weighted by Gasteiger charge is 2.38. The van der Waals surface area contributed by atoms with E-state index in [9.17, 15) is 9.13 Å². The molecule has 5 N–H and O–H groups in total. The number of hydrogen-bond donors (Lipinski definition) is 4. The van der Waals surface area contributed by atoms with Crippen molar-refractivity contribution in [2.75, 3.05) is 0 Å². The highest BCUT2D eigenvalue weighted by atomic mass is 31.3. The molecule has 0 heterocycles. The van der Waals surface area contributed by atoms with Gasteiger partial charge in [-0.25, -0.2) is 9.13 Å². The summed E-state index contributed by atoms with van der Waals surface area (Å²) in [7, 11) is -9.96. The predicted molar refractivity (Wildman–Crippen MR) is 56.2 cm³/mol. The van der Waals surface area contributed by atoms with Gasteiger partial charge in [-0.2, -0.15) is 4.31 Å². The van der Waals surface area contributed by atoms with Crippen LogP contribution in [0.25, 0.3) is 0 Å². The Bertz CT molecular complexity index is 312. The van der Waals surface area contributed by atoms with E-state index in [4.69, 9.17) is 20.4 Å². The van der Waals surface area contributed by atoms with E-state index >= 15 is 0 Å². The Balaban J connectivity index is 4.46. The first kappa shape index (κ1) is 16.2. The van der Waals surface area contributed by atoms with Crippen molar-refractivity contribution in [1.82, 2.24) is 0 Å². The molecule has 2 atom stereocenters. The highest BCUT2D eigenvalue weighted by Crippen LogP contribution is 2.59. The lowest BCUT2D eigenvalue weighted by molar-refractivity contribution is 0.0450. The van der Waals surface area contributed by atoms with E-state index in [1.54, 1.807) is 0 Å². The van der Waals surface area contributed by atoms with Crippen LogP contribution >= 0.6 is 15.6 Å². The van der Waals surface area contributed by atoms with Gasteiger partial charge in [-0.3, -0.25) is 4.52 Å². The first-order valence-corrected chi connectivity index (χ1v) is 7.59. The molecule has 0 fully saturated rings. The molecule has 0 aliphatic heterocycles. The molecular formula is C6H17NO7P2. The van der Waals surface area contributed by atoms with Crippen LogP contribution < -0.4 is 5.73 Å². The average molecular weight is 277 g/mol. The monoisotopic (exact) mass is 277 g/mol. The van der Waals surface area contributed by atoms with E-state index in [-0.39, 0.29) is 6.42 Å². The Morgan fingerprint density at radius 2 is 1.81 bits per heavy atom. The first-order valence-electron chi connectivity index (χ1n) is 4.57. The van der Waals surface area contributed by atoms with E-state index in [1.165, 1.54) is 6.92 Å². The highest BCUT2D eigenvalue weighted by molar-refractivity contribution is 7.60. The van der Waals surface area contributed by atoms with Crippen LogP contribution in [0.4, 0.5) is 0 Å². The minimum absolute atomic E-state index is 0.262. The van der Waals surface area contributed by atoms with E-state index in [0.29, 0.717) is 6.42 Å². The Morgan fingerprint density at radius 3 is 2.19 bits per heavy atom. The maximum atomic E-state index is 11.1. The summed E-state index contributed by atoms with van der Waals surface area (Å²) in [6.45, 7) is 3.22. The third-order valence-corrected chi connectivity index (χ3v) is 3.88. The zero-order valence-corrected chi connectivity index (χ0v) is 10.9. The summed E-state index contributed by atoms with van der Waals surface area (Å²) in [6.07, 6.45) is 1.70. The van der Waals surface area contributed by atoms with Gasteiger partial charge in [0.1, 0.15) is 5.72 Å². The fourth-order valence-electron chi connectivity index (χ4n) is 0.988. The molecule has 0 saturated heterocycles. The second kappa shape index (κ2) is 5.71. The summed E-state index contributed by atoms with van der Waals surface area (Å²) in [6, 6.07) is 0. The SMILES string of the molecule is CCCCC(C)(N)OP(=O)(O)OP(=O)(O)O. The van der Waals surface area contributed by atoms with Gasteiger partial charge in [-0.05, 0) is 19.8 Å². The van der Waals surface area contributed by atoms with E-state index in [2.05, 4.69) is 8.83 Å². The Hall–Kier alpha value is 0.220. The van der Waals surface area contributed by atoms with Crippen LogP contribution in [0.2, 0.25) is 0 Å². The molecule has 0 aliphatic carbocycles. The zero-order valence-electron chi connectivity index (χ0n) is 9.07. The van der Waals surface area contributed by atoms with Crippen LogP contribution in [0.5, 0.6) is 0 Å². The molecule has 0 aromatic rings. The van der Waals surface area contributed by atoms with Crippen LogP contribution in [0.3, 0.4) is 0 Å². The molecule has 10 heteroatoms. The van der Waals surface area contributed by atoms with Gasteiger partial charge in [0.05, 0.1) is 0 Å². The quantitative estimate of drug-likeness (QED) is 0.400. The maximum Gasteiger partial charge on any atom is 0.482 e. The van der Waals surface area contributed by atoms with Crippen LogP contribution in [-0.4, -0.2) is 20.4 Å². The molecule has 0 aromatic heterocycles. The van der Waals surface area contributed by atoms with Crippen molar-refractivity contribution in [3.63, 3.8) is 0 Å². The molecule has 0 amide bonds. The van der Waals surface area contributed by atoms with Gasteiger partial charge in [0.15, 0.2) is 0 Å². The largest absolute Gasteiger partial charge is 0.482 e. The number of phosphoric acid groups is 2. The van der Waals surface area contributed by atoms with Crippen molar-refractivity contribution >= 4 is 15.6 Å². The number of phosphoric ester groups is 1. The molecule has 2 unspecified atom stereocenters. The molecule has 8 nitrogen and oxygen atoms in total. The lowest BCUT2D eigenvalue weighted by atomic mass is 10.1. The third kappa shape index (κ3) is 8.38. The first-order chi connectivity index (χ1) is 6.97. The summed E-state index contributed by atoms with van der Waals surface area (Å²) in [4.78, 5) is 25.7. The van der Waals surface area contributed by atoms with Gasteiger partial charge in [0, 0.05) is 0 Å². The van der Waals surface area contributed by atoms with Crippen LogP contribution in [0.1, 0.15) is 33.1 Å². The number of rotatable bonds is 7. The standard InChI is InChI=1S/C6H17NO7P2/c1-3-4-5-6(2,7)13-16(11,12)14-15(8,9)10/h3-5,7H2,1-2H3,(H,11,12)(H2,8,9,10). The van der Waals surface area contributed by atoms with Gasteiger partial charge >= 0.3 is 15.6 Å². The summed E-state index contributed by atoms with van der Waals surface area (Å²) >= 11 is 0. The Kier molecular flexibility index (Phi) is 5.79. The Labute approximate surface area is 93.6 Å². The summed E-state index contributed by atoms with van der Waals surface area (Å²) in [5, 5.41) is 0. The van der Waals surface area contributed by atoms with Gasteiger partial charge in [0.25, 0.3) is 0 Å². The van der Waals surface area contributed by atoms with Crippen LogP contribution in [0, 0.1) is 0 Å². The minimum atomic E-state index is -5.09. The predicted octanol–water partition coefficient (Wildman–Crippen LogP) is 1.08. The fourth-order valence-corrected chi connectivity index (χ4v) is 2.82. The van der Waals surface area contributed by atoms with Crippen LogP contribution in [0.15, 0.2) is 0 Å². The second-order valence-electron chi connectivity index (χ2n) is 3.55. The summed E-state index contributed by atoms with van der Waals surface area (Å²) < 4.78 is 29.6. The molecule has 0 bridgehead atoms. The van der Waals surface area contributed by atoms with E-state index in [0.717, 1.165) is 6.42 Å². The molecule has 0 spiro atoms. The van der Waals surface area contributed by atoms with Gasteiger partial charge in [-0.15, -0.1) is 0 Å². The van der Waals surface area contributed by atoms with Crippen molar-refractivity contribution in [3.8, 4) is 0 Å². The molecule has 0 rings (SSSR count). The summed E-state index contributed by atoms with van der Waals surface area (Å²) in [5.74, 6) is 0. The molecule has 0 aromatic carbocycles. The van der Waals surface area contributed by atoms with Gasteiger partial charge in [0.2, 0.25) is 0 Å². The maximum absolute atomic E-state index is 11.1. The lowest BCUT2D eigenvalue weighted by Gasteiger charge is -2.26. The lowest BCUT2D eigenvalue weighted by Crippen LogP contribution is -2.38. The fraction of sp³-hybridized carbons (Fsp3) is 1.00. The van der Waals surface area contributed by atoms with E-state index in [1.807, 2.05) is 6.92 Å². The van der Waals surface area contributed by atoms with E-state index < -0.39 is 21.4 Å². The smallest absolute Gasteiger partial charge is 0.303 e. The van der Waals surface area contributed by atoms with Crippen molar-refractivity contribution < 1.29 is 32.6 Å². The van der Waals surface area contributed by atoms with Crippen molar-refractivity contribution in [2.24, 2.45) is 5.73 Å². The second-order valence-corrected chi connectivity index (χ2v) is 6.30. The number of unbranched alkanes of at least 4 members (excludes halogenated alkanes) is 1. The molecule has 0 radical (unpaired) electrons. The van der Waals surface area contributed by atoms with Gasteiger partial charge < -0.3 is 20.4 Å². The Morgan fingerprint density at radius 1 is 1.31 bits per heavy atom. The molecule has 0 aliphatic rings. The zero-order chi connectivity index (χ0) is 13.0. The number of nitrogens with two attached hydrogens (primary N) is 1. The number of hydrogen-bond acceptors (Lipinski definition) is 5. The van der Waals surface area contributed by atoms with Crippen molar-refractivity contribution in [3.05, 3.63) is 0 Å². The normalized spacial score (nSPS) is 20.1. The minimum Gasteiger partial charge on any atom is -0.303 e. The van der Waals surface area contributed by atoms with Crippen molar-refractivity contribution in [1.29, 1.82) is 0 Å². The molecule has 0 saturated carbocycles. The van der Waals surface area contributed by atoms with Gasteiger partial charge in [-0.1, -0.05) is 13.3 Å². The van der Waals surface area contributed by atoms with Crippen molar-refractivity contribution in [2.45, 2.75) is 38.8 Å². The van der Waals surface area contributed by atoms with Crippen LogP contribution in [-0.2, 0) is 18.0 Å². The average Bonchev–Trinajstić information content (AvgIpc) is 1.93. The summed E-state index contributed by atoms with van der Waals surface area (Å²) in [5.41, 5.74) is 4.04. The third-order valence-electron chi connectivity index (χ3n) is 1.56. The topological polar surface area (TPSA) is 139 Å². The molecule has 16 heavy (non-hydrogen) atoms. The molecule has 98 valence electrons. The molecular weight excluding hydrogens is 260 g/mol.